The number of ketones is 1. The highest BCUT2D eigenvalue weighted by molar-refractivity contribution is 7.96. The highest BCUT2D eigenvalue weighted by Crippen LogP contribution is 2.20. The zero-order valence-electron chi connectivity index (χ0n) is 8.43. The van der Waals surface area contributed by atoms with E-state index in [0.29, 0.717) is 21.9 Å². The molecule has 0 aromatic heterocycles. The maximum absolute atomic E-state index is 11.2. The number of hydrogen-bond acceptors (Lipinski definition) is 1. The fraction of sp³-hybridized carbons (Fsp3) is 0.889. The SMILES string of the molecule is C[S+](C)C1CCCCC1=O.FC(F)F. The van der Waals surface area contributed by atoms with Crippen molar-refractivity contribution in [2.75, 3.05) is 12.5 Å². The minimum atomic E-state index is -3.67. The lowest BCUT2D eigenvalue weighted by Crippen LogP contribution is -2.31. The van der Waals surface area contributed by atoms with E-state index in [2.05, 4.69) is 12.5 Å². The lowest BCUT2D eigenvalue weighted by molar-refractivity contribution is -0.119. The highest BCUT2D eigenvalue weighted by atomic mass is 32.2. The Kier molecular flexibility index (Phi) is 7.05. The summed E-state index contributed by atoms with van der Waals surface area (Å²) < 4.78 is 29.0. The summed E-state index contributed by atoms with van der Waals surface area (Å²) in [5, 5.41) is 0.411. The maximum atomic E-state index is 11.2. The topological polar surface area (TPSA) is 17.1 Å². The molecule has 1 nitrogen and oxygen atoms in total. The third kappa shape index (κ3) is 6.29. The van der Waals surface area contributed by atoms with Crippen LogP contribution in [-0.4, -0.2) is 30.2 Å². The molecule has 1 rings (SSSR count). The Hall–Kier alpha value is -0.190. The van der Waals surface area contributed by atoms with Gasteiger partial charge in [-0.05, 0) is 23.7 Å². The van der Waals surface area contributed by atoms with E-state index in [9.17, 15) is 18.0 Å². The third-order valence-electron chi connectivity index (χ3n) is 2.07. The van der Waals surface area contributed by atoms with Crippen molar-refractivity contribution in [1.29, 1.82) is 0 Å². The molecule has 0 bridgehead atoms. The van der Waals surface area contributed by atoms with Crippen molar-refractivity contribution < 1.29 is 18.0 Å². The van der Waals surface area contributed by atoms with Gasteiger partial charge in [-0.3, -0.25) is 4.79 Å². The first-order chi connectivity index (χ1) is 6.45. The van der Waals surface area contributed by atoms with Crippen LogP contribution < -0.4 is 0 Å². The van der Waals surface area contributed by atoms with Gasteiger partial charge in [0.1, 0.15) is 0 Å². The van der Waals surface area contributed by atoms with Crippen LogP contribution in [0.4, 0.5) is 13.2 Å². The Balaban J connectivity index is 0.000000364. The molecule has 84 valence electrons. The molecule has 0 spiro atoms. The van der Waals surface area contributed by atoms with Crippen LogP contribution in [0.5, 0.6) is 0 Å². The average molecular weight is 229 g/mol. The summed E-state index contributed by atoms with van der Waals surface area (Å²) in [5.74, 6) is 0.514. The molecule has 14 heavy (non-hydrogen) atoms. The lowest BCUT2D eigenvalue weighted by atomic mass is 9.99. The van der Waals surface area contributed by atoms with Crippen LogP contribution in [0.25, 0.3) is 0 Å². The molecular weight excluding hydrogens is 213 g/mol. The molecular formula is C9H16F3OS+. The highest BCUT2D eigenvalue weighted by Gasteiger charge is 2.31. The predicted molar refractivity (Wildman–Crippen MR) is 53.6 cm³/mol. The van der Waals surface area contributed by atoms with Crippen molar-refractivity contribution in [2.24, 2.45) is 0 Å². The molecule has 5 heteroatoms. The summed E-state index contributed by atoms with van der Waals surface area (Å²) in [6.07, 6.45) is 8.74. The lowest BCUT2D eigenvalue weighted by Gasteiger charge is -2.16. The number of hydrogen-bond donors (Lipinski definition) is 0. The van der Waals surface area contributed by atoms with Crippen molar-refractivity contribution in [3.05, 3.63) is 0 Å². The normalized spacial score (nSPS) is 22.2. The second-order valence-electron chi connectivity index (χ2n) is 3.33. The van der Waals surface area contributed by atoms with E-state index in [4.69, 9.17) is 0 Å². The molecule has 0 amide bonds. The van der Waals surface area contributed by atoms with E-state index < -0.39 is 6.68 Å². The first-order valence-electron chi connectivity index (χ1n) is 4.46. The van der Waals surface area contributed by atoms with E-state index in [1.54, 1.807) is 0 Å². The first kappa shape index (κ1) is 13.8. The fourth-order valence-electron chi connectivity index (χ4n) is 1.45. The van der Waals surface area contributed by atoms with Gasteiger partial charge in [-0.1, -0.05) is 0 Å². The van der Waals surface area contributed by atoms with E-state index in [0.717, 1.165) is 19.3 Å². The van der Waals surface area contributed by atoms with Gasteiger partial charge in [0, 0.05) is 12.8 Å². The second-order valence-corrected chi connectivity index (χ2v) is 5.66. The maximum Gasteiger partial charge on any atom is 0.379 e. The monoisotopic (exact) mass is 229 g/mol. The summed E-state index contributed by atoms with van der Waals surface area (Å²) in [5.41, 5.74) is 0. The van der Waals surface area contributed by atoms with E-state index in [-0.39, 0.29) is 0 Å². The number of rotatable bonds is 1. The molecule has 0 aliphatic heterocycles. The first-order valence-corrected chi connectivity index (χ1v) is 6.57. The predicted octanol–water partition coefficient (Wildman–Crippen LogP) is 2.55. The minimum absolute atomic E-state index is 0.318. The van der Waals surface area contributed by atoms with Crippen LogP contribution in [0, 0.1) is 0 Å². The fourth-order valence-corrected chi connectivity index (χ4v) is 2.73. The molecule has 0 aromatic carbocycles. The molecule has 0 N–H and O–H groups in total. The van der Waals surface area contributed by atoms with Crippen LogP contribution >= 0.6 is 0 Å². The Morgan fingerprint density at radius 2 is 1.79 bits per heavy atom. The Morgan fingerprint density at radius 1 is 1.29 bits per heavy atom. The molecule has 0 radical (unpaired) electrons. The number of halogens is 3. The van der Waals surface area contributed by atoms with Crippen molar-refractivity contribution in [2.45, 2.75) is 37.6 Å². The molecule has 1 aliphatic carbocycles. The molecule has 0 heterocycles. The van der Waals surface area contributed by atoms with Gasteiger partial charge in [0.05, 0.1) is 12.5 Å². The molecule has 1 aliphatic rings. The van der Waals surface area contributed by atoms with Crippen LogP contribution in [0.2, 0.25) is 0 Å². The molecule has 0 aromatic rings. The van der Waals surface area contributed by atoms with Gasteiger partial charge in [-0.15, -0.1) is 0 Å². The van der Waals surface area contributed by atoms with Gasteiger partial charge < -0.3 is 0 Å². The smallest absolute Gasteiger partial charge is 0.294 e. The van der Waals surface area contributed by atoms with Crippen LogP contribution in [0.15, 0.2) is 0 Å². The van der Waals surface area contributed by atoms with Crippen LogP contribution in [-0.2, 0) is 15.7 Å². The summed E-state index contributed by atoms with van der Waals surface area (Å²) in [6.45, 7) is -3.67. The van der Waals surface area contributed by atoms with Gasteiger partial charge in [-0.2, -0.15) is 13.2 Å². The Bertz CT molecular complexity index is 171. The zero-order valence-corrected chi connectivity index (χ0v) is 9.25. The summed E-state index contributed by atoms with van der Waals surface area (Å²) >= 11 is 0. The molecule has 1 saturated carbocycles. The number of Topliss-reactive ketones (excluding diaryl/α,β-unsaturated/α-hetero) is 1. The van der Waals surface area contributed by atoms with Crippen molar-refractivity contribution in [1.82, 2.24) is 0 Å². The Morgan fingerprint density at radius 3 is 2.07 bits per heavy atom. The molecule has 1 unspecified atom stereocenters. The zero-order chi connectivity index (χ0) is 11.1. The van der Waals surface area contributed by atoms with Gasteiger partial charge in [-0.25, -0.2) is 0 Å². The largest absolute Gasteiger partial charge is 0.379 e. The molecule has 0 saturated heterocycles. The van der Waals surface area contributed by atoms with Gasteiger partial charge in [0.25, 0.3) is 0 Å². The van der Waals surface area contributed by atoms with Crippen molar-refractivity contribution in [3.63, 3.8) is 0 Å². The number of carbonyl (C=O) groups excluding carboxylic acids is 1. The number of carbonyl (C=O) groups is 1. The van der Waals surface area contributed by atoms with E-state index in [1.807, 2.05) is 0 Å². The van der Waals surface area contributed by atoms with E-state index in [1.165, 1.54) is 6.42 Å². The molecule has 1 fully saturated rings. The van der Waals surface area contributed by atoms with Gasteiger partial charge in [0.15, 0.2) is 11.0 Å². The second kappa shape index (κ2) is 7.15. The van der Waals surface area contributed by atoms with Crippen molar-refractivity contribution >= 4 is 16.7 Å². The molecule has 1 atom stereocenters. The standard InChI is InChI=1S/C8H15OS.CHF3/c1-10(2)8-6-4-3-5-7(8)9;2-1(3)4/h8H,3-6H2,1-2H3;1H/q+1;. The summed E-state index contributed by atoms with van der Waals surface area (Å²) in [7, 11) is 0.318. The van der Waals surface area contributed by atoms with Gasteiger partial charge in [0.2, 0.25) is 0 Å². The van der Waals surface area contributed by atoms with Crippen LogP contribution in [0.3, 0.4) is 0 Å². The van der Waals surface area contributed by atoms with E-state index >= 15 is 0 Å². The van der Waals surface area contributed by atoms with Gasteiger partial charge >= 0.3 is 6.68 Å². The Labute approximate surface area is 85.4 Å². The quantitative estimate of drug-likeness (QED) is 0.631. The van der Waals surface area contributed by atoms with Crippen LogP contribution in [0.1, 0.15) is 25.7 Å². The summed E-state index contributed by atoms with van der Waals surface area (Å²) in [6, 6.07) is 0. The number of alkyl halides is 3. The third-order valence-corrected chi connectivity index (χ3v) is 3.70. The minimum Gasteiger partial charge on any atom is -0.294 e. The van der Waals surface area contributed by atoms with Crippen molar-refractivity contribution in [3.8, 4) is 0 Å². The summed E-state index contributed by atoms with van der Waals surface area (Å²) in [4.78, 5) is 11.2. The average Bonchev–Trinajstić information content (AvgIpc) is 2.03.